The van der Waals surface area contributed by atoms with E-state index in [1.165, 1.54) is 22.3 Å². The van der Waals surface area contributed by atoms with E-state index >= 15 is 0 Å². The molecule has 0 N–H and O–H groups in total. The van der Waals surface area contributed by atoms with Crippen molar-refractivity contribution in [1.29, 1.82) is 0 Å². The fraction of sp³-hybridized carbons (Fsp3) is 0.611. The van der Waals surface area contributed by atoms with Gasteiger partial charge in [-0.1, -0.05) is 44.9 Å². The third kappa shape index (κ3) is 4.36. The highest BCUT2D eigenvalue weighted by Crippen LogP contribution is 2.31. The van der Waals surface area contributed by atoms with E-state index in [1.807, 2.05) is 13.8 Å². The number of aryl methyl sites for hydroxylation is 3. The molecule has 20 heavy (non-hydrogen) atoms. The fourth-order valence-corrected chi connectivity index (χ4v) is 2.63. The summed E-state index contributed by atoms with van der Waals surface area (Å²) in [5, 5.41) is 0. The lowest BCUT2D eigenvalue weighted by atomic mass is 9.93. The van der Waals surface area contributed by atoms with Crippen molar-refractivity contribution in [2.75, 3.05) is 0 Å². The molecule has 2 heteroatoms. The lowest BCUT2D eigenvalue weighted by Gasteiger charge is -2.23. The van der Waals surface area contributed by atoms with Crippen LogP contribution >= 0.6 is 0 Å². The van der Waals surface area contributed by atoms with Gasteiger partial charge in [-0.05, 0) is 50.3 Å². The first-order valence-electron chi connectivity index (χ1n) is 7.65. The predicted octanol–water partition coefficient (Wildman–Crippen LogP) is 5.04. The number of hydrogen-bond donors (Lipinski definition) is 0. The molecule has 0 spiro atoms. The van der Waals surface area contributed by atoms with Crippen LogP contribution in [0.5, 0.6) is 0 Å². The second-order valence-electron chi connectivity index (χ2n) is 6.03. The zero-order valence-electron chi connectivity index (χ0n) is 13.7. The van der Waals surface area contributed by atoms with Gasteiger partial charge in [0.2, 0.25) is 0 Å². The molecule has 0 unspecified atom stereocenters. The van der Waals surface area contributed by atoms with E-state index in [2.05, 4.69) is 39.8 Å². The lowest BCUT2D eigenvalue weighted by Crippen LogP contribution is -2.18. The van der Waals surface area contributed by atoms with Gasteiger partial charge in [0.05, 0.1) is 5.92 Å². The van der Waals surface area contributed by atoms with Crippen LogP contribution in [-0.2, 0) is 9.53 Å². The standard InChI is InChI=1S/C18H28O2/c1-7-8-9-16(20-18(19)12(2)3)17-14(5)10-13(4)11-15(17)6/h10-12,16H,7-9H2,1-6H3/t16-/m1/s1. The van der Waals surface area contributed by atoms with E-state index < -0.39 is 0 Å². The molecule has 1 aromatic carbocycles. The van der Waals surface area contributed by atoms with Crippen LogP contribution in [0, 0.1) is 26.7 Å². The van der Waals surface area contributed by atoms with Crippen LogP contribution in [0.25, 0.3) is 0 Å². The summed E-state index contributed by atoms with van der Waals surface area (Å²) in [5.41, 5.74) is 4.89. The van der Waals surface area contributed by atoms with Gasteiger partial charge in [-0.3, -0.25) is 4.79 Å². The lowest BCUT2D eigenvalue weighted by molar-refractivity contribution is -0.153. The Balaban J connectivity index is 3.07. The Kier molecular flexibility index (Phi) is 6.25. The molecule has 0 aromatic heterocycles. The van der Waals surface area contributed by atoms with Crippen molar-refractivity contribution < 1.29 is 9.53 Å². The summed E-state index contributed by atoms with van der Waals surface area (Å²) in [5.74, 6) is -0.185. The molecule has 0 aliphatic rings. The molecule has 0 saturated heterocycles. The van der Waals surface area contributed by atoms with Gasteiger partial charge in [-0.15, -0.1) is 0 Å². The molecule has 0 saturated carbocycles. The quantitative estimate of drug-likeness (QED) is 0.680. The molecule has 1 atom stereocenters. The van der Waals surface area contributed by atoms with Crippen molar-refractivity contribution in [3.8, 4) is 0 Å². The zero-order valence-corrected chi connectivity index (χ0v) is 13.7. The van der Waals surface area contributed by atoms with Gasteiger partial charge < -0.3 is 4.74 Å². The molecular formula is C18H28O2. The number of esters is 1. The Bertz CT molecular complexity index is 437. The average molecular weight is 276 g/mol. The summed E-state index contributed by atoms with van der Waals surface area (Å²) in [4.78, 5) is 12.0. The van der Waals surface area contributed by atoms with Gasteiger partial charge in [0.25, 0.3) is 0 Å². The number of hydrogen-bond acceptors (Lipinski definition) is 2. The number of carbonyl (C=O) groups is 1. The topological polar surface area (TPSA) is 26.3 Å². The van der Waals surface area contributed by atoms with Crippen molar-refractivity contribution in [3.05, 3.63) is 34.4 Å². The summed E-state index contributed by atoms with van der Waals surface area (Å²) < 4.78 is 5.76. The Labute approximate surface area is 123 Å². The Morgan fingerprint density at radius 2 is 1.70 bits per heavy atom. The van der Waals surface area contributed by atoms with E-state index in [-0.39, 0.29) is 18.0 Å². The highest BCUT2D eigenvalue weighted by atomic mass is 16.5. The van der Waals surface area contributed by atoms with Crippen molar-refractivity contribution >= 4 is 5.97 Å². The highest BCUT2D eigenvalue weighted by molar-refractivity contribution is 5.72. The summed E-state index contributed by atoms with van der Waals surface area (Å²) in [6, 6.07) is 4.34. The molecule has 1 aromatic rings. The van der Waals surface area contributed by atoms with Gasteiger partial charge >= 0.3 is 5.97 Å². The van der Waals surface area contributed by atoms with Gasteiger partial charge in [-0.25, -0.2) is 0 Å². The molecule has 0 radical (unpaired) electrons. The van der Waals surface area contributed by atoms with Crippen molar-refractivity contribution in [2.24, 2.45) is 5.92 Å². The van der Waals surface area contributed by atoms with Gasteiger partial charge in [0.1, 0.15) is 6.10 Å². The number of carbonyl (C=O) groups excluding carboxylic acids is 1. The van der Waals surface area contributed by atoms with Crippen LogP contribution in [0.3, 0.4) is 0 Å². The molecule has 0 fully saturated rings. The smallest absolute Gasteiger partial charge is 0.308 e. The van der Waals surface area contributed by atoms with Crippen LogP contribution in [0.2, 0.25) is 0 Å². The maximum absolute atomic E-state index is 12.0. The minimum atomic E-state index is -0.106. The van der Waals surface area contributed by atoms with E-state index in [0.29, 0.717) is 0 Å². The number of ether oxygens (including phenoxy) is 1. The van der Waals surface area contributed by atoms with Crippen LogP contribution in [0.15, 0.2) is 12.1 Å². The zero-order chi connectivity index (χ0) is 15.3. The second kappa shape index (κ2) is 7.47. The van der Waals surface area contributed by atoms with Crippen molar-refractivity contribution in [1.82, 2.24) is 0 Å². The number of rotatable bonds is 6. The molecule has 0 amide bonds. The SMILES string of the molecule is CCCC[C@@H](OC(=O)C(C)C)c1c(C)cc(C)cc1C. The number of unbranched alkanes of at least 4 members (excludes halogenated alkanes) is 1. The van der Waals surface area contributed by atoms with Crippen molar-refractivity contribution in [2.45, 2.75) is 66.9 Å². The van der Waals surface area contributed by atoms with E-state index in [9.17, 15) is 4.79 Å². The van der Waals surface area contributed by atoms with Gasteiger partial charge in [0.15, 0.2) is 0 Å². The Morgan fingerprint density at radius 1 is 1.15 bits per heavy atom. The Hall–Kier alpha value is -1.31. The molecular weight excluding hydrogens is 248 g/mol. The fourth-order valence-electron chi connectivity index (χ4n) is 2.63. The van der Waals surface area contributed by atoms with Crippen LogP contribution in [-0.4, -0.2) is 5.97 Å². The van der Waals surface area contributed by atoms with Crippen LogP contribution < -0.4 is 0 Å². The molecule has 0 aliphatic heterocycles. The summed E-state index contributed by atoms with van der Waals surface area (Å²) in [7, 11) is 0. The molecule has 0 aliphatic carbocycles. The Morgan fingerprint density at radius 3 is 2.15 bits per heavy atom. The van der Waals surface area contributed by atoms with E-state index in [1.54, 1.807) is 0 Å². The predicted molar refractivity (Wildman–Crippen MR) is 83.8 cm³/mol. The maximum atomic E-state index is 12.0. The monoisotopic (exact) mass is 276 g/mol. The molecule has 2 nitrogen and oxygen atoms in total. The number of benzene rings is 1. The average Bonchev–Trinajstić information content (AvgIpc) is 2.33. The molecule has 0 heterocycles. The highest BCUT2D eigenvalue weighted by Gasteiger charge is 2.21. The van der Waals surface area contributed by atoms with Gasteiger partial charge in [-0.2, -0.15) is 0 Å². The first-order valence-corrected chi connectivity index (χ1v) is 7.65. The maximum Gasteiger partial charge on any atom is 0.308 e. The summed E-state index contributed by atoms with van der Waals surface area (Å²) in [6.45, 7) is 12.2. The van der Waals surface area contributed by atoms with Gasteiger partial charge in [0, 0.05) is 0 Å². The molecule has 0 bridgehead atoms. The first-order chi connectivity index (χ1) is 9.36. The normalized spacial score (nSPS) is 12.6. The second-order valence-corrected chi connectivity index (χ2v) is 6.03. The summed E-state index contributed by atoms with van der Waals surface area (Å²) in [6.07, 6.45) is 2.98. The minimum Gasteiger partial charge on any atom is -0.457 e. The molecule has 1 rings (SSSR count). The first kappa shape index (κ1) is 16.7. The summed E-state index contributed by atoms with van der Waals surface area (Å²) >= 11 is 0. The van der Waals surface area contributed by atoms with Crippen LogP contribution in [0.4, 0.5) is 0 Å². The van der Waals surface area contributed by atoms with Crippen LogP contribution in [0.1, 0.15) is 68.4 Å². The molecule has 112 valence electrons. The van der Waals surface area contributed by atoms with E-state index in [4.69, 9.17) is 4.74 Å². The minimum absolute atomic E-state index is 0.0785. The third-order valence-electron chi connectivity index (χ3n) is 3.61. The van der Waals surface area contributed by atoms with E-state index in [0.717, 1.165) is 19.3 Å². The van der Waals surface area contributed by atoms with Crippen molar-refractivity contribution in [3.63, 3.8) is 0 Å². The largest absolute Gasteiger partial charge is 0.457 e. The third-order valence-corrected chi connectivity index (χ3v) is 3.61.